The molecule has 202 valence electrons. The molecule has 0 saturated carbocycles. The lowest BCUT2D eigenvalue weighted by Gasteiger charge is -2.29. The Morgan fingerprint density at radius 1 is 1.05 bits per heavy atom. The van der Waals surface area contributed by atoms with Gasteiger partial charge in [0.05, 0.1) is 15.1 Å². The highest BCUT2D eigenvalue weighted by molar-refractivity contribution is 7.89. The van der Waals surface area contributed by atoms with E-state index < -0.39 is 10.0 Å². The van der Waals surface area contributed by atoms with Gasteiger partial charge in [-0.3, -0.25) is 9.69 Å². The van der Waals surface area contributed by atoms with Crippen molar-refractivity contribution < 1.29 is 13.2 Å². The molecule has 7 nitrogen and oxygen atoms in total. The van der Waals surface area contributed by atoms with Crippen LogP contribution in [0.4, 0.5) is 5.13 Å². The molecule has 10 heteroatoms. The highest BCUT2D eigenvalue weighted by atomic mass is 35.5. The first kappa shape index (κ1) is 29.5. The van der Waals surface area contributed by atoms with Crippen LogP contribution in [0.15, 0.2) is 47.4 Å². The summed E-state index contributed by atoms with van der Waals surface area (Å²) in [6.07, 6.45) is 1.75. The number of benzene rings is 2. The lowest BCUT2D eigenvalue weighted by Crippen LogP contribution is -2.39. The second-order valence-electron chi connectivity index (χ2n) is 9.51. The van der Waals surface area contributed by atoms with Crippen LogP contribution >= 0.6 is 23.7 Å². The summed E-state index contributed by atoms with van der Waals surface area (Å²) < 4.78 is 28.8. The molecule has 3 aromatic rings. The Balaban J connectivity index is 0.00000380. The largest absolute Gasteiger partial charge is 0.302 e. The molecule has 0 spiro atoms. The van der Waals surface area contributed by atoms with Gasteiger partial charge in [0.1, 0.15) is 0 Å². The van der Waals surface area contributed by atoms with Crippen LogP contribution in [0, 0.1) is 12.8 Å². The van der Waals surface area contributed by atoms with E-state index in [1.54, 1.807) is 33.5 Å². The number of likely N-dealkylation sites (N-methyl/N-ethyl adjacent to an activating group) is 1. The molecule has 1 aromatic heterocycles. The number of hydrogen-bond acceptors (Lipinski definition) is 6. The van der Waals surface area contributed by atoms with Crippen molar-refractivity contribution in [2.75, 3.05) is 44.2 Å². The first-order valence-corrected chi connectivity index (χ1v) is 15.0. The molecule has 1 aliphatic rings. The van der Waals surface area contributed by atoms with Gasteiger partial charge in [-0.2, -0.15) is 4.31 Å². The molecule has 1 saturated heterocycles. The predicted octanol–water partition coefficient (Wildman–Crippen LogP) is 5.44. The van der Waals surface area contributed by atoms with E-state index in [-0.39, 0.29) is 23.2 Å². The summed E-state index contributed by atoms with van der Waals surface area (Å²) in [6.45, 7) is 12.5. The summed E-state index contributed by atoms with van der Waals surface area (Å²) in [4.78, 5) is 22.8. The minimum absolute atomic E-state index is 0. The molecule has 2 heterocycles. The number of piperidine rings is 1. The quantitative estimate of drug-likeness (QED) is 0.346. The first-order chi connectivity index (χ1) is 17.2. The molecule has 0 radical (unpaired) electrons. The minimum Gasteiger partial charge on any atom is -0.302 e. The molecule has 1 fully saturated rings. The van der Waals surface area contributed by atoms with E-state index in [1.807, 2.05) is 25.1 Å². The number of aromatic nitrogens is 1. The number of para-hydroxylation sites is 1. The fraction of sp³-hybridized carbons (Fsp3) is 0.481. The smallest absolute Gasteiger partial charge is 0.260 e. The molecule has 1 aliphatic heterocycles. The average molecular weight is 565 g/mol. The van der Waals surface area contributed by atoms with E-state index in [1.165, 1.54) is 11.3 Å². The number of carbonyl (C=O) groups excluding carboxylic acids is 1. The Hall–Kier alpha value is -2.04. The Morgan fingerprint density at radius 2 is 1.70 bits per heavy atom. The number of rotatable bonds is 9. The minimum atomic E-state index is -3.56. The Kier molecular flexibility index (Phi) is 10.1. The van der Waals surface area contributed by atoms with Gasteiger partial charge in [0.2, 0.25) is 10.0 Å². The second-order valence-corrected chi connectivity index (χ2v) is 12.5. The van der Waals surface area contributed by atoms with Crippen molar-refractivity contribution >= 4 is 55.0 Å². The third-order valence-corrected chi connectivity index (χ3v) is 10.1. The number of fused-ring (bicyclic) bond motifs is 1. The number of sulfonamides is 1. The predicted molar refractivity (Wildman–Crippen MR) is 155 cm³/mol. The topological polar surface area (TPSA) is 73.8 Å². The van der Waals surface area contributed by atoms with Crippen LogP contribution in [-0.2, 0) is 10.0 Å². The monoisotopic (exact) mass is 564 g/mol. The molecule has 0 aliphatic carbocycles. The zero-order chi connectivity index (χ0) is 25.9. The van der Waals surface area contributed by atoms with Gasteiger partial charge < -0.3 is 4.90 Å². The number of nitrogens with zero attached hydrogens (tertiary/aromatic N) is 4. The summed E-state index contributed by atoms with van der Waals surface area (Å²) >= 11 is 1.51. The van der Waals surface area contributed by atoms with E-state index in [2.05, 4.69) is 25.7 Å². The van der Waals surface area contributed by atoms with Crippen molar-refractivity contribution in [3.63, 3.8) is 0 Å². The van der Waals surface area contributed by atoms with Gasteiger partial charge in [0.25, 0.3) is 5.91 Å². The zero-order valence-electron chi connectivity index (χ0n) is 22.0. The molecule has 0 N–H and O–H groups in total. The van der Waals surface area contributed by atoms with Crippen LogP contribution in [0.25, 0.3) is 10.2 Å². The van der Waals surface area contributed by atoms with Crippen molar-refractivity contribution in [1.29, 1.82) is 0 Å². The normalized spacial score (nSPS) is 15.2. The maximum atomic E-state index is 13.7. The van der Waals surface area contributed by atoms with E-state index in [9.17, 15) is 13.2 Å². The van der Waals surface area contributed by atoms with Crippen molar-refractivity contribution in [3.05, 3.63) is 53.6 Å². The number of hydrogen-bond donors (Lipinski definition) is 0. The van der Waals surface area contributed by atoms with Gasteiger partial charge in [-0.25, -0.2) is 13.4 Å². The number of thiazole rings is 1. The fourth-order valence-electron chi connectivity index (χ4n) is 4.55. The van der Waals surface area contributed by atoms with Crippen LogP contribution < -0.4 is 4.90 Å². The molecule has 2 aromatic carbocycles. The molecule has 37 heavy (non-hydrogen) atoms. The molecule has 0 unspecified atom stereocenters. The number of anilines is 1. The van der Waals surface area contributed by atoms with Crippen molar-refractivity contribution in [2.45, 2.75) is 45.4 Å². The summed E-state index contributed by atoms with van der Waals surface area (Å²) in [5, 5.41) is 0.663. The number of carbonyl (C=O) groups is 1. The Bertz CT molecular complexity index is 1300. The fourth-order valence-corrected chi connectivity index (χ4v) is 7.09. The number of amides is 1. The molecule has 4 rings (SSSR count). The van der Waals surface area contributed by atoms with Gasteiger partial charge in [-0.05, 0) is 74.7 Å². The maximum Gasteiger partial charge on any atom is 0.260 e. The average Bonchev–Trinajstić information content (AvgIpc) is 3.32. The van der Waals surface area contributed by atoms with Crippen LogP contribution in [-0.4, -0.2) is 67.8 Å². The molecular weight excluding hydrogens is 528 g/mol. The van der Waals surface area contributed by atoms with Crippen molar-refractivity contribution in [1.82, 2.24) is 14.2 Å². The molecular formula is C27H37ClN4O3S2. The summed E-state index contributed by atoms with van der Waals surface area (Å²) in [6, 6.07) is 12.4. The van der Waals surface area contributed by atoms with Gasteiger partial charge in [-0.15, -0.1) is 12.4 Å². The Labute approximate surface area is 230 Å². The standard InChI is InChI=1S/C27H36N4O3S2.ClH/c1-5-29(6-2)18-19-31(27-28-25-21(4)8-7-9-24(25)35-27)26(32)22-10-12-23(13-11-22)36(33,34)30-16-14-20(3)15-17-30;/h7-13,20H,5-6,14-19H2,1-4H3;1H. The van der Waals surface area contributed by atoms with Crippen molar-refractivity contribution in [2.24, 2.45) is 5.92 Å². The maximum absolute atomic E-state index is 13.7. The van der Waals surface area contributed by atoms with Gasteiger partial charge in [0, 0.05) is 31.7 Å². The number of aryl methyl sites for hydroxylation is 1. The van der Waals surface area contributed by atoms with Gasteiger partial charge in [-0.1, -0.05) is 44.2 Å². The summed E-state index contributed by atoms with van der Waals surface area (Å²) in [5.41, 5.74) is 2.44. The zero-order valence-corrected chi connectivity index (χ0v) is 24.5. The SMILES string of the molecule is CCN(CC)CCN(C(=O)c1ccc(S(=O)(=O)N2CCC(C)CC2)cc1)c1nc2c(C)cccc2s1.Cl. The first-order valence-electron chi connectivity index (χ1n) is 12.7. The van der Waals surface area contributed by atoms with E-state index in [0.717, 1.165) is 48.3 Å². The summed E-state index contributed by atoms with van der Waals surface area (Å²) in [7, 11) is -3.56. The van der Waals surface area contributed by atoms with Crippen LogP contribution in [0.1, 0.15) is 49.5 Å². The highest BCUT2D eigenvalue weighted by Gasteiger charge is 2.29. The van der Waals surface area contributed by atoms with E-state index >= 15 is 0 Å². The van der Waals surface area contributed by atoms with Crippen LogP contribution in [0.5, 0.6) is 0 Å². The lowest BCUT2D eigenvalue weighted by molar-refractivity contribution is 0.0983. The lowest BCUT2D eigenvalue weighted by atomic mass is 10.0. The summed E-state index contributed by atoms with van der Waals surface area (Å²) in [5.74, 6) is 0.375. The van der Waals surface area contributed by atoms with Crippen LogP contribution in [0.3, 0.4) is 0 Å². The Morgan fingerprint density at radius 3 is 2.30 bits per heavy atom. The third-order valence-electron chi connectivity index (χ3n) is 7.10. The third kappa shape index (κ3) is 6.52. The van der Waals surface area contributed by atoms with Gasteiger partial charge in [0.15, 0.2) is 5.13 Å². The molecule has 0 atom stereocenters. The van der Waals surface area contributed by atoms with E-state index in [4.69, 9.17) is 4.98 Å². The van der Waals surface area contributed by atoms with Crippen molar-refractivity contribution in [3.8, 4) is 0 Å². The molecule has 1 amide bonds. The highest BCUT2D eigenvalue weighted by Crippen LogP contribution is 2.32. The van der Waals surface area contributed by atoms with Gasteiger partial charge >= 0.3 is 0 Å². The molecule has 0 bridgehead atoms. The van der Waals surface area contributed by atoms with Crippen LogP contribution in [0.2, 0.25) is 0 Å². The van der Waals surface area contributed by atoms with E-state index in [0.29, 0.717) is 36.2 Å². The second kappa shape index (κ2) is 12.7. The number of halogens is 1.